The van der Waals surface area contributed by atoms with Crippen LogP contribution < -0.4 is 0 Å². The van der Waals surface area contributed by atoms with Crippen molar-refractivity contribution < 1.29 is 4.39 Å². The molecule has 15 heavy (non-hydrogen) atoms. The first-order valence-corrected chi connectivity index (χ1v) is 5.90. The molecule has 1 aromatic carbocycles. The summed E-state index contributed by atoms with van der Waals surface area (Å²) in [5, 5.41) is 0.787. The lowest BCUT2D eigenvalue weighted by Crippen LogP contribution is -1.82. The Balaban J connectivity index is 2.28. The molecule has 0 atom stereocenters. The summed E-state index contributed by atoms with van der Waals surface area (Å²) < 4.78 is 14.2. The third-order valence-corrected chi connectivity index (χ3v) is 3.22. The quantitative estimate of drug-likeness (QED) is 0.822. The van der Waals surface area contributed by atoms with Gasteiger partial charge in [0.05, 0.1) is 4.90 Å². The van der Waals surface area contributed by atoms with Crippen molar-refractivity contribution in [2.24, 2.45) is 0 Å². The van der Waals surface area contributed by atoms with Gasteiger partial charge in [0.2, 0.25) is 0 Å². The van der Waals surface area contributed by atoms with Crippen molar-refractivity contribution in [1.29, 1.82) is 0 Å². The van der Waals surface area contributed by atoms with Gasteiger partial charge in [-0.05, 0) is 30.3 Å². The number of aromatic nitrogens is 1. The van der Waals surface area contributed by atoms with Crippen molar-refractivity contribution in [1.82, 2.24) is 4.98 Å². The molecule has 0 aliphatic heterocycles. The zero-order valence-corrected chi connectivity index (χ0v) is 10.1. The van der Waals surface area contributed by atoms with Crippen LogP contribution in [0.1, 0.15) is 0 Å². The maximum absolute atomic E-state index is 13.4. The smallest absolute Gasteiger partial charge is 0.137 e. The van der Waals surface area contributed by atoms with E-state index in [0.29, 0.717) is 4.90 Å². The van der Waals surface area contributed by atoms with Crippen LogP contribution in [0.5, 0.6) is 0 Å². The van der Waals surface area contributed by atoms with E-state index < -0.39 is 0 Å². The Morgan fingerprint density at radius 1 is 1.20 bits per heavy atom. The van der Waals surface area contributed by atoms with Gasteiger partial charge in [-0.25, -0.2) is 9.37 Å². The highest BCUT2D eigenvalue weighted by atomic mass is 79.9. The first-order valence-electron chi connectivity index (χ1n) is 4.29. The molecule has 0 bridgehead atoms. The average Bonchev–Trinajstić information content (AvgIpc) is 2.25. The Morgan fingerprint density at radius 2 is 2.07 bits per heavy atom. The minimum absolute atomic E-state index is 0.228. The molecule has 0 unspecified atom stereocenters. The largest absolute Gasteiger partial charge is 0.250 e. The number of rotatable bonds is 2. The molecule has 0 saturated heterocycles. The molecule has 4 heteroatoms. The van der Waals surface area contributed by atoms with E-state index in [1.54, 1.807) is 18.3 Å². The highest BCUT2D eigenvalue weighted by Crippen LogP contribution is 2.30. The van der Waals surface area contributed by atoms with Gasteiger partial charge < -0.3 is 0 Å². The van der Waals surface area contributed by atoms with Crippen LogP contribution >= 0.6 is 27.7 Å². The highest BCUT2D eigenvalue weighted by Gasteiger charge is 2.05. The van der Waals surface area contributed by atoms with E-state index in [1.165, 1.54) is 17.8 Å². The second kappa shape index (κ2) is 4.77. The SMILES string of the molecule is Fc1ccc(Br)cc1Sc1ccccn1. The van der Waals surface area contributed by atoms with Crippen LogP contribution in [-0.4, -0.2) is 4.98 Å². The Labute approximate surface area is 99.9 Å². The molecule has 1 aromatic heterocycles. The van der Waals surface area contributed by atoms with Crippen molar-refractivity contribution in [2.45, 2.75) is 9.92 Å². The van der Waals surface area contributed by atoms with Crippen LogP contribution in [0.3, 0.4) is 0 Å². The molecule has 1 nitrogen and oxygen atoms in total. The fourth-order valence-corrected chi connectivity index (χ4v) is 2.43. The van der Waals surface area contributed by atoms with Gasteiger partial charge in [-0.2, -0.15) is 0 Å². The summed E-state index contributed by atoms with van der Waals surface area (Å²) in [5.74, 6) is -0.228. The summed E-state index contributed by atoms with van der Waals surface area (Å²) in [5.41, 5.74) is 0. The average molecular weight is 284 g/mol. The fourth-order valence-electron chi connectivity index (χ4n) is 1.08. The second-order valence-electron chi connectivity index (χ2n) is 2.84. The van der Waals surface area contributed by atoms with Crippen molar-refractivity contribution in [3.8, 4) is 0 Å². The molecule has 0 saturated carbocycles. The predicted octanol–water partition coefficient (Wildman–Crippen LogP) is 4.13. The lowest BCUT2D eigenvalue weighted by Gasteiger charge is -2.02. The Bertz CT molecular complexity index is 461. The molecule has 1 heterocycles. The van der Waals surface area contributed by atoms with Crippen LogP contribution in [0.4, 0.5) is 4.39 Å². The summed E-state index contributed by atoms with van der Waals surface area (Å²) in [6.07, 6.45) is 1.69. The number of pyridine rings is 1. The molecular formula is C11H7BrFNS. The van der Waals surface area contributed by atoms with Gasteiger partial charge in [0, 0.05) is 10.7 Å². The first-order chi connectivity index (χ1) is 7.25. The van der Waals surface area contributed by atoms with Crippen molar-refractivity contribution in [2.75, 3.05) is 0 Å². The molecule has 2 rings (SSSR count). The molecular weight excluding hydrogens is 277 g/mol. The zero-order valence-electron chi connectivity index (χ0n) is 7.65. The van der Waals surface area contributed by atoms with E-state index in [2.05, 4.69) is 20.9 Å². The van der Waals surface area contributed by atoms with Crippen LogP contribution in [-0.2, 0) is 0 Å². The summed E-state index contributed by atoms with van der Waals surface area (Å²) >= 11 is 4.62. The van der Waals surface area contributed by atoms with Gasteiger partial charge in [-0.15, -0.1) is 0 Å². The normalized spacial score (nSPS) is 10.3. The summed E-state index contributed by atoms with van der Waals surface area (Å²) in [4.78, 5) is 4.70. The summed E-state index contributed by atoms with van der Waals surface area (Å²) in [7, 11) is 0. The molecule has 0 spiro atoms. The van der Waals surface area contributed by atoms with Gasteiger partial charge in [0.15, 0.2) is 0 Å². The monoisotopic (exact) mass is 283 g/mol. The Kier molecular flexibility index (Phi) is 3.38. The minimum atomic E-state index is -0.228. The third kappa shape index (κ3) is 2.79. The van der Waals surface area contributed by atoms with Crippen LogP contribution in [0, 0.1) is 5.82 Å². The third-order valence-electron chi connectivity index (χ3n) is 1.75. The number of benzene rings is 1. The van der Waals surface area contributed by atoms with Crippen LogP contribution in [0.25, 0.3) is 0 Å². The molecule has 76 valence electrons. The number of hydrogen-bond acceptors (Lipinski definition) is 2. The van der Waals surface area contributed by atoms with E-state index in [9.17, 15) is 4.39 Å². The van der Waals surface area contributed by atoms with Crippen LogP contribution in [0.2, 0.25) is 0 Å². The molecule has 2 aromatic rings. The van der Waals surface area contributed by atoms with Crippen molar-refractivity contribution in [3.63, 3.8) is 0 Å². The maximum atomic E-state index is 13.4. The van der Waals surface area contributed by atoms with Gasteiger partial charge in [-0.1, -0.05) is 33.8 Å². The van der Waals surface area contributed by atoms with E-state index in [1.807, 2.05) is 18.2 Å². The van der Waals surface area contributed by atoms with Crippen molar-refractivity contribution >= 4 is 27.7 Å². The maximum Gasteiger partial charge on any atom is 0.137 e. The number of nitrogens with zero attached hydrogens (tertiary/aromatic N) is 1. The highest BCUT2D eigenvalue weighted by molar-refractivity contribution is 9.10. The van der Waals surface area contributed by atoms with E-state index in [0.717, 1.165) is 9.50 Å². The molecule has 0 N–H and O–H groups in total. The molecule has 0 aliphatic rings. The molecule has 0 amide bonds. The minimum Gasteiger partial charge on any atom is -0.250 e. The van der Waals surface area contributed by atoms with Gasteiger partial charge in [0.25, 0.3) is 0 Å². The van der Waals surface area contributed by atoms with E-state index in [-0.39, 0.29) is 5.82 Å². The predicted molar refractivity (Wildman–Crippen MR) is 62.5 cm³/mol. The first kappa shape index (κ1) is 10.6. The van der Waals surface area contributed by atoms with Crippen molar-refractivity contribution in [3.05, 3.63) is 52.9 Å². The summed E-state index contributed by atoms with van der Waals surface area (Å²) in [6.45, 7) is 0. The van der Waals surface area contributed by atoms with Gasteiger partial charge >= 0.3 is 0 Å². The van der Waals surface area contributed by atoms with Gasteiger partial charge in [0.1, 0.15) is 10.8 Å². The molecule has 0 radical (unpaired) electrons. The van der Waals surface area contributed by atoms with Crippen LogP contribution in [0.15, 0.2) is 57.0 Å². The number of halogens is 2. The van der Waals surface area contributed by atoms with Gasteiger partial charge in [-0.3, -0.25) is 0 Å². The Morgan fingerprint density at radius 3 is 2.80 bits per heavy atom. The number of hydrogen-bond donors (Lipinski definition) is 0. The lowest BCUT2D eigenvalue weighted by molar-refractivity contribution is 0.601. The zero-order chi connectivity index (χ0) is 10.7. The summed E-state index contributed by atoms with van der Waals surface area (Å²) in [6, 6.07) is 10.4. The topological polar surface area (TPSA) is 12.9 Å². The molecule has 0 fully saturated rings. The Hall–Kier alpha value is -0.870. The van der Waals surface area contributed by atoms with E-state index >= 15 is 0 Å². The van der Waals surface area contributed by atoms with E-state index in [4.69, 9.17) is 0 Å². The second-order valence-corrected chi connectivity index (χ2v) is 4.82. The fraction of sp³-hybridized carbons (Fsp3) is 0. The standard InChI is InChI=1S/C11H7BrFNS/c12-8-4-5-9(13)10(7-8)15-11-3-1-2-6-14-11/h1-7H. The lowest BCUT2D eigenvalue weighted by atomic mass is 10.3. The molecule has 0 aliphatic carbocycles.